The quantitative estimate of drug-likeness (QED) is 0.697. The fraction of sp³-hybridized carbons (Fsp3) is 0.435. The van der Waals surface area contributed by atoms with Crippen LogP contribution in [0, 0.1) is 5.92 Å². The van der Waals surface area contributed by atoms with Crippen molar-refractivity contribution in [2.24, 2.45) is 5.92 Å². The van der Waals surface area contributed by atoms with Crippen molar-refractivity contribution in [3.8, 4) is 0 Å². The number of benzene rings is 2. The van der Waals surface area contributed by atoms with Gasteiger partial charge in [-0.15, -0.1) is 0 Å². The van der Waals surface area contributed by atoms with Crippen LogP contribution in [0.4, 0.5) is 0 Å². The zero-order valence-corrected chi connectivity index (χ0v) is 16.3. The fourth-order valence-corrected chi connectivity index (χ4v) is 3.17. The summed E-state index contributed by atoms with van der Waals surface area (Å²) >= 11 is 0. The van der Waals surface area contributed by atoms with Gasteiger partial charge in [0.2, 0.25) is 0 Å². The summed E-state index contributed by atoms with van der Waals surface area (Å²) in [6.07, 6.45) is 0.269. The number of hydrogen-bond acceptors (Lipinski definition) is 4. The molecule has 4 heteroatoms. The highest BCUT2D eigenvalue weighted by Gasteiger charge is 2.28. The van der Waals surface area contributed by atoms with Gasteiger partial charge >= 0.3 is 5.97 Å². The summed E-state index contributed by atoms with van der Waals surface area (Å²) in [5, 5.41) is 0. The highest BCUT2D eigenvalue weighted by atomic mass is 16.7. The third-order valence-corrected chi connectivity index (χ3v) is 4.70. The summed E-state index contributed by atoms with van der Waals surface area (Å²) in [5.41, 5.74) is 3.22. The van der Waals surface area contributed by atoms with Gasteiger partial charge < -0.3 is 14.2 Å². The van der Waals surface area contributed by atoms with Crippen LogP contribution in [0.2, 0.25) is 0 Å². The van der Waals surface area contributed by atoms with Crippen LogP contribution in [0.25, 0.3) is 0 Å². The lowest BCUT2D eigenvalue weighted by Crippen LogP contribution is -2.36. The van der Waals surface area contributed by atoms with Crippen molar-refractivity contribution in [3.05, 3.63) is 71.3 Å². The molecule has 0 saturated carbocycles. The molecule has 1 fully saturated rings. The van der Waals surface area contributed by atoms with Crippen LogP contribution in [0.5, 0.6) is 0 Å². The van der Waals surface area contributed by atoms with Gasteiger partial charge in [0.05, 0.1) is 19.1 Å². The lowest BCUT2D eigenvalue weighted by molar-refractivity contribution is -0.230. The molecule has 0 N–H and O–H groups in total. The molecule has 1 unspecified atom stereocenters. The maximum Gasteiger partial charge on any atom is 0.313 e. The normalized spacial score (nSPS) is 21.0. The average Bonchev–Trinajstić information content (AvgIpc) is 2.69. The number of carbonyl (C=O) groups excluding carboxylic acids is 1. The van der Waals surface area contributed by atoms with E-state index in [2.05, 4.69) is 26.0 Å². The van der Waals surface area contributed by atoms with Gasteiger partial charge in [0.1, 0.15) is 6.10 Å². The molecule has 0 amide bonds. The molecule has 1 heterocycles. The van der Waals surface area contributed by atoms with Crippen LogP contribution in [0.1, 0.15) is 49.7 Å². The predicted octanol–water partition coefficient (Wildman–Crippen LogP) is 4.65. The van der Waals surface area contributed by atoms with E-state index < -0.39 is 6.29 Å². The average molecular weight is 368 g/mol. The molecule has 0 spiro atoms. The maximum atomic E-state index is 12.5. The van der Waals surface area contributed by atoms with Gasteiger partial charge in [0.15, 0.2) is 6.29 Å². The molecule has 1 aliphatic rings. The lowest BCUT2D eigenvalue weighted by Gasteiger charge is -2.30. The zero-order valence-electron chi connectivity index (χ0n) is 16.3. The molecule has 144 valence electrons. The minimum Gasteiger partial charge on any atom is -0.457 e. The van der Waals surface area contributed by atoms with Gasteiger partial charge in [0.25, 0.3) is 0 Å². The Kier molecular flexibility index (Phi) is 6.64. The first-order chi connectivity index (χ1) is 13.0. The molecular weight excluding hydrogens is 340 g/mol. The molecule has 1 atom stereocenters. The molecule has 0 radical (unpaired) electrons. The molecule has 1 saturated heterocycles. The first kappa shape index (κ1) is 19.6. The van der Waals surface area contributed by atoms with E-state index in [0.29, 0.717) is 19.1 Å². The van der Waals surface area contributed by atoms with Gasteiger partial charge in [-0.2, -0.15) is 0 Å². The fourth-order valence-electron chi connectivity index (χ4n) is 3.17. The predicted molar refractivity (Wildman–Crippen MR) is 104 cm³/mol. The van der Waals surface area contributed by atoms with Crippen LogP contribution >= 0.6 is 0 Å². The number of esters is 1. The maximum absolute atomic E-state index is 12.5. The third-order valence-electron chi connectivity index (χ3n) is 4.70. The molecule has 2 aromatic carbocycles. The van der Waals surface area contributed by atoms with E-state index in [4.69, 9.17) is 14.2 Å². The Bertz CT molecular complexity index is 716. The number of carbonyl (C=O) groups is 1. The second-order valence-corrected chi connectivity index (χ2v) is 7.53. The molecule has 27 heavy (non-hydrogen) atoms. The second-order valence-electron chi connectivity index (χ2n) is 7.53. The van der Waals surface area contributed by atoms with Crippen molar-refractivity contribution in [1.29, 1.82) is 0 Å². The Morgan fingerprint density at radius 3 is 2.22 bits per heavy atom. The van der Waals surface area contributed by atoms with Crippen LogP contribution in [0.15, 0.2) is 54.6 Å². The molecule has 1 aliphatic heterocycles. The molecule has 0 aliphatic carbocycles. The Balaban J connectivity index is 1.50. The van der Waals surface area contributed by atoms with E-state index in [9.17, 15) is 4.79 Å². The molecule has 0 aromatic heterocycles. The van der Waals surface area contributed by atoms with Gasteiger partial charge in [0, 0.05) is 5.56 Å². The van der Waals surface area contributed by atoms with Gasteiger partial charge in [-0.1, -0.05) is 68.4 Å². The topological polar surface area (TPSA) is 44.8 Å². The van der Waals surface area contributed by atoms with E-state index in [1.807, 2.05) is 49.4 Å². The van der Waals surface area contributed by atoms with E-state index >= 15 is 0 Å². The summed E-state index contributed by atoms with van der Waals surface area (Å²) in [7, 11) is 0. The minimum absolute atomic E-state index is 0.248. The van der Waals surface area contributed by atoms with Crippen LogP contribution in [-0.4, -0.2) is 25.3 Å². The second kappa shape index (κ2) is 9.16. The van der Waals surface area contributed by atoms with Crippen molar-refractivity contribution in [3.63, 3.8) is 0 Å². The largest absolute Gasteiger partial charge is 0.457 e. The molecule has 3 rings (SSSR count). The molecule has 4 nitrogen and oxygen atoms in total. The summed E-state index contributed by atoms with van der Waals surface area (Å²) in [6, 6.07) is 18.0. The van der Waals surface area contributed by atoms with Gasteiger partial charge in [-0.3, -0.25) is 4.79 Å². The summed E-state index contributed by atoms with van der Waals surface area (Å²) in [4.78, 5) is 12.5. The van der Waals surface area contributed by atoms with Crippen LogP contribution in [-0.2, 0) is 25.4 Å². The summed E-state index contributed by atoms with van der Waals surface area (Å²) in [5.74, 6) is 0.0520. The Hall–Kier alpha value is -2.17. The van der Waals surface area contributed by atoms with E-state index in [1.54, 1.807) is 0 Å². The first-order valence-electron chi connectivity index (χ1n) is 9.60. The van der Waals surface area contributed by atoms with Crippen molar-refractivity contribution in [2.75, 3.05) is 13.2 Å². The highest BCUT2D eigenvalue weighted by molar-refractivity contribution is 5.77. The van der Waals surface area contributed by atoms with E-state index in [1.165, 1.54) is 5.56 Å². The molecule has 2 aromatic rings. The van der Waals surface area contributed by atoms with Crippen molar-refractivity contribution in [2.45, 2.75) is 45.5 Å². The van der Waals surface area contributed by atoms with Crippen molar-refractivity contribution in [1.82, 2.24) is 0 Å². The smallest absolute Gasteiger partial charge is 0.313 e. The van der Waals surface area contributed by atoms with Crippen LogP contribution in [0.3, 0.4) is 0 Å². The number of hydrogen-bond donors (Lipinski definition) is 0. The highest BCUT2D eigenvalue weighted by Crippen LogP contribution is 2.25. The molecule has 0 bridgehead atoms. The van der Waals surface area contributed by atoms with Gasteiger partial charge in [-0.05, 0) is 30.4 Å². The summed E-state index contributed by atoms with van der Waals surface area (Å²) in [6.45, 7) is 6.95. The SMILES string of the molecule is CC(C)Cc1ccc(C(C)C(=O)OC2COC(c3ccccc3)OC2)cc1. The Morgan fingerprint density at radius 2 is 1.63 bits per heavy atom. The Morgan fingerprint density at radius 1 is 1.00 bits per heavy atom. The van der Waals surface area contributed by atoms with E-state index in [0.717, 1.165) is 17.5 Å². The third kappa shape index (κ3) is 5.41. The lowest BCUT2D eigenvalue weighted by atomic mass is 9.97. The van der Waals surface area contributed by atoms with Crippen molar-refractivity contribution >= 4 is 5.97 Å². The minimum atomic E-state index is -0.396. The standard InChI is InChI=1S/C23H28O4/c1-16(2)13-18-9-11-19(12-10-18)17(3)22(24)27-21-14-25-23(26-15-21)20-7-5-4-6-8-20/h4-12,16-17,21,23H,13-15H2,1-3H3. The summed E-state index contributed by atoms with van der Waals surface area (Å²) < 4.78 is 17.0. The van der Waals surface area contributed by atoms with E-state index in [-0.39, 0.29) is 18.0 Å². The molecular formula is C23H28O4. The number of rotatable bonds is 6. The van der Waals surface area contributed by atoms with Crippen molar-refractivity contribution < 1.29 is 19.0 Å². The zero-order chi connectivity index (χ0) is 19.2. The van der Waals surface area contributed by atoms with Crippen LogP contribution < -0.4 is 0 Å². The Labute approximate surface area is 161 Å². The first-order valence-corrected chi connectivity index (χ1v) is 9.60. The monoisotopic (exact) mass is 368 g/mol. The number of ether oxygens (including phenoxy) is 3. The van der Waals surface area contributed by atoms with Gasteiger partial charge in [-0.25, -0.2) is 0 Å².